The zero-order valence-electron chi connectivity index (χ0n) is 16.4. The van der Waals surface area contributed by atoms with Crippen LogP contribution in [0.25, 0.3) is 0 Å². The fourth-order valence-electron chi connectivity index (χ4n) is 3.11. The summed E-state index contributed by atoms with van der Waals surface area (Å²) in [6.45, 7) is 2.88. The summed E-state index contributed by atoms with van der Waals surface area (Å²) in [6, 6.07) is 21.7. The minimum atomic E-state index is -0.362. The lowest BCUT2D eigenvalue weighted by molar-refractivity contribution is -0.117. The Hall–Kier alpha value is -3.98. The van der Waals surface area contributed by atoms with Gasteiger partial charge in [-0.25, -0.2) is 0 Å². The van der Waals surface area contributed by atoms with E-state index in [9.17, 15) is 4.79 Å². The predicted octanol–water partition coefficient (Wildman–Crippen LogP) is 4.86. The Kier molecular flexibility index (Phi) is 5.53. The molecule has 0 aromatic heterocycles. The quantitative estimate of drug-likeness (QED) is 0.661. The Bertz CT molecular complexity index is 1100. The number of nitriles is 1. The van der Waals surface area contributed by atoms with Crippen LogP contribution in [0.1, 0.15) is 24.0 Å². The number of nitrogens with one attached hydrogen (secondary N) is 1. The van der Waals surface area contributed by atoms with Crippen LogP contribution >= 0.6 is 0 Å². The summed E-state index contributed by atoms with van der Waals surface area (Å²) in [5, 5.41) is 12.1. The van der Waals surface area contributed by atoms with Gasteiger partial charge in [-0.2, -0.15) is 5.26 Å². The molecule has 6 heteroatoms. The normalized spacial score (nSPS) is 13.1. The van der Waals surface area contributed by atoms with E-state index in [2.05, 4.69) is 11.4 Å². The molecule has 0 radical (unpaired) electrons. The zero-order chi connectivity index (χ0) is 20.9. The molecule has 0 aliphatic carbocycles. The van der Waals surface area contributed by atoms with Crippen LogP contribution in [0.4, 0.5) is 5.69 Å². The first-order chi connectivity index (χ1) is 14.6. The number of amides is 1. The molecule has 0 fully saturated rings. The molecule has 0 saturated heterocycles. The summed E-state index contributed by atoms with van der Waals surface area (Å²) in [5.41, 5.74) is 1.97. The van der Waals surface area contributed by atoms with Gasteiger partial charge in [-0.15, -0.1) is 0 Å². The number of fused-ring (bicyclic) bond motifs is 1. The summed E-state index contributed by atoms with van der Waals surface area (Å²) in [7, 11) is 0. The molecule has 0 bridgehead atoms. The van der Waals surface area contributed by atoms with E-state index in [-0.39, 0.29) is 11.8 Å². The van der Waals surface area contributed by atoms with E-state index >= 15 is 0 Å². The van der Waals surface area contributed by atoms with Gasteiger partial charge in [-0.05, 0) is 61.0 Å². The van der Waals surface area contributed by atoms with Crippen molar-refractivity contribution >= 4 is 11.6 Å². The van der Waals surface area contributed by atoms with Crippen LogP contribution in [0.5, 0.6) is 23.0 Å². The van der Waals surface area contributed by atoms with Gasteiger partial charge in [-0.1, -0.05) is 18.2 Å². The average molecular weight is 400 g/mol. The number of nitrogens with zero attached hydrogens (tertiary/aromatic N) is 1. The van der Waals surface area contributed by atoms with Crippen LogP contribution in [-0.2, 0) is 4.79 Å². The van der Waals surface area contributed by atoms with E-state index < -0.39 is 0 Å². The van der Waals surface area contributed by atoms with Crippen molar-refractivity contribution in [2.75, 3.05) is 18.5 Å². The van der Waals surface area contributed by atoms with Crippen LogP contribution in [0.3, 0.4) is 0 Å². The molecule has 1 heterocycles. The van der Waals surface area contributed by atoms with Crippen LogP contribution in [-0.4, -0.2) is 19.1 Å². The molecule has 150 valence electrons. The number of ether oxygens (including phenoxy) is 3. The van der Waals surface area contributed by atoms with Crippen molar-refractivity contribution in [1.29, 1.82) is 5.26 Å². The molecule has 1 amide bonds. The number of hydrogen-bond acceptors (Lipinski definition) is 5. The highest BCUT2D eigenvalue weighted by Gasteiger charge is 2.19. The largest absolute Gasteiger partial charge is 0.486 e. The van der Waals surface area contributed by atoms with Gasteiger partial charge in [-0.3, -0.25) is 4.79 Å². The topological polar surface area (TPSA) is 80.6 Å². The van der Waals surface area contributed by atoms with Gasteiger partial charge in [0.25, 0.3) is 0 Å². The highest BCUT2D eigenvalue weighted by atomic mass is 16.6. The SMILES string of the molecule is CC(C(=O)Nc1ccc(Oc2ccccc2C#N)cc1)c1ccc2c(c1)OCCO2. The molecule has 1 aliphatic rings. The summed E-state index contributed by atoms with van der Waals surface area (Å²) in [6.07, 6.45) is 0. The van der Waals surface area contributed by atoms with Gasteiger partial charge in [0, 0.05) is 5.69 Å². The summed E-state index contributed by atoms with van der Waals surface area (Å²) in [4.78, 5) is 12.7. The molecule has 3 aromatic carbocycles. The van der Waals surface area contributed by atoms with Gasteiger partial charge >= 0.3 is 0 Å². The Morgan fingerprint density at radius 3 is 2.53 bits per heavy atom. The molecular weight excluding hydrogens is 380 g/mol. The van der Waals surface area contributed by atoms with Crippen LogP contribution in [0, 0.1) is 11.3 Å². The lowest BCUT2D eigenvalue weighted by atomic mass is 9.99. The molecule has 4 rings (SSSR count). The predicted molar refractivity (Wildman–Crippen MR) is 112 cm³/mol. The van der Waals surface area contributed by atoms with Gasteiger partial charge in [0.1, 0.15) is 30.8 Å². The average Bonchev–Trinajstić information content (AvgIpc) is 2.80. The lowest BCUT2D eigenvalue weighted by Crippen LogP contribution is -2.20. The second-order valence-corrected chi connectivity index (χ2v) is 6.85. The van der Waals surface area contributed by atoms with Crippen molar-refractivity contribution < 1.29 is 19.0 Å². The molecule has 0 saturated carbocycles. The Morgan fingerprint density at radius 1 is 1.03 bits per heavy atom. The van der Waals surface area contributed by atoms with E-state index in [0.29, 0.717) is 47.5 Å². The molecule has 1 aliphatic heterocycles. The van der Waals surface area contributed by atoms with Crippen molar-refractivity contribution in [3.63, 3.8) is 0 Å². The fourth-order valence-corrected chi connectivity index (χ4v) is 3.11. The van der Waals surface area contributed by atoms with E-state index in [1.54, 1.807) is 42.5 Å². The second-order valence-electron chi connectivity index (χ2n) is 6.85. The Labute approximate surface area is 174 Å². The van der Waals surface area contributed by atoms with Gasteiger partial charge in [0.15, 0.2) is 11.5 Å². The first kappa shape index (κ1) is 19.3. The number of carbonyl (C=O) groups excluding carboxylic acids is 1. The van der Waals surface area contributed by atoms with Crippen LogP contribution < -0.4 is 19.5 Å². The molecule has 1 atom stereocenters. The second kappa shape index (κ2) is 8.58. The molecule has 30 heavy (non-hydrogen) atoms. The van der Waals surface area contributed by atoms with Gasteiger partial charge in [0.05, 0.1) is 11.5 Å². The van der Waals surface area contributed by atoms with Crippen LogP contribution in [0.15, 0.2) is 66.7 Å². The Balaban J connectivity index is 1.41. The number of anilines is 1. The lowest BCUT2D eigenvalue weighted by Gasteiger charge is -2.20. The van der Waals surface area contributed by atoms with E-state index in [0.717, 1.165) is 5.56 Å². The summed E-state index contributed by atoms with van der Waals surface area (Å²) < 4.78 is 16.9. The monoisotopic (exact) mass is 400 g/mol. The number of carbonyl (C=O) groups is 1. The first-order valence-corrected chi connectivity index (χ1v) is 9.61. The molecule has 3 aromatic rings. The maximum absolute atomic E-state index is 12.7. The van der Waals surface area contributed by atoms with Crippen LogP contribution in [0.2, 0.25) is 0 Å². The molecule has 1 N–H and O–H groups in total. The minimum Gasteiger partial charge on any atom is -0.486 e. The van der Waals surface area contributed by atoms with Gasteiger partial charge in [0.2, 0.25) is 5.91 Å². The highest BCUT2D eigenvalue weighted by Crippen LogP contribution is 2.33. The first-order valence-electron chi connectivity index (χ1n) is 9.61. The maximum atomic E-state index is 12.7. The third-order valence-corrected chi connectivity index (χ3v) is 4.82. The fraction of sp³-hybridized carbons (Fsp3) is 0.167. The minimum absolute atomic E-state index is 0.129. The highest BCUT2D eigenvalue weighted by molar-refractivity contribution is 5.95. The van der Waals surface area contributed by atoms with Crippen molar-refractivity contribution in [2.24, 2.45) is 0 Å². The third kappa shape index (κ3) is 4.20. The molecule has 0 spiro atoms. The summed E-state index contributed by atoms with van der Waals surface area (Å²) >= 11 is 0. The number of para-hydroxylation sites is 1. The van der Waals surface area contributed by atoms with Crippen molar-refractivity contribution in [2.45, 2.75) is 12.8 Å². The smallest absolute Gasteiger partial charge is 0.231 e. The standard InChI is InChI=1S/C24H20N2O4/c1-16(17-6-11-22-23(14-17)29-13-12-28-22)24(27)26-19-7-9-20(10-8-19)30-21-5-3-2-4-18(21)15-25/h2-11,14,16H,12-13H2,1H3,(H,26,27). The van der Waals surface area contributed by atoms with Crippen molar-refractivity contribution in [3.8, 4) is 29.1 Å². The van der Waals surface area contributed by atoms with E-state index in [1.807, 2.05) is 31.2 Å². The number of hydrogen-bond donors (Lipinski definition) is 1. The summed E-state index contributed by atoms with van der Waals surface area (Å²) in [5.74, 6) is 1.94. The van der Waals surface area contributed by atoms with E-state index in [1.165, 1.54) is 0 Å². The van der Waals surface area contributed by atoms with Crippen molar-refractivity contribution in [1.82, 2.24) is 0 Å². The molecule has 1 unspecified atom stereocenters. The van der Waals surface area contributed by atoms with Gasteiger partial charge < -0.3 is 19.5 Å². The van der Waals surface area contributed by atoms with Crippen molar-refractivity contribution in [3.05, 3.63) is 77.9 Å². The number of benzene rings is 3. The Morgan fingerprint density at radius 2 is 1.77 bits per heavy atom. The molecule has 6 nitrogen and oxygen atoms in total. The van der Waals surface area contributed by atoms with E-state index in [4.69, 9.17) is 19.5 Å². The maximum Gasteiger partial charge on any atom is 0.231 e. The third-order valence-electron chi connectivity index (χ3n) is 4.82. The number of rotatable bonds is 5. The molecular formula is C24H20N2O4. The zero-order valence-corrected chi connectivity index (χ0v) is 16.4.